The summed E-state index contributed by atoms with van der Waals surface area (Å²) in [7, 11) is 1.72. The first kappa shape index (κ1) is 13.4. The Bertz CT molecular complexity index is 107. The largest absolute Gasteiger partial charge is 0.385 e. The predicted octanol–water partition coefficient (Wildman–Crippen LogP) is 2.85. The van der Waals surface area contributed by atoms with Gasteiger partial charge in [0.15, 0.2) is 0 Å². The van der Waals surface area contributed by atoms with E-state index >= 15 is 0 Å². The predicted molar refractivity (Wildman–Crippen MR) is 59.5 cm³/mol. The Morgan fingerprint density at radius 1 is 1.15 bits per heavy atom. The van der Waals surface area contributed by atoms with E-state index in [1.807, 2.05) is 0 Å². The molecule has 0 spiro atoms. The van der Waals surface area contributed by atoms with Gasteiger partial charge in [0.05, 0.1) is 0 Å². The van der Waals surface area contributed by atoms with Crippen LogP contribution in [0.2, 0.25) is 0 Å². The highest BCUT2D eigenvalue weighted by Crippen LogP contribution is 2.15. The summed E-state index contributed by atoms with van der Waals surface area (Å²) in [5.41, 5.74) is 0. The Morgan fingerprint density at radius 3 is 2.38 bits per heavy atom. The SMILES string of the molecule is COCCCOCCC(C)C(C)Br. The summed E-state index contributed by atoms with van der Waals surface area (Å²) in [5, 5.41) is 0. The second-order valence-corrected chi connectivity index (χ2v) is 4.85. The van der Waals surface area contributed by atoms with Gasteiger partial charge in [0.1, 0.15) is 0 Å². The summed E-state index contributed by atoms with van der Waals surface area (Å²) in [6, 6.07) is 0. The monoisotopic (exact) mass is 252 g/mol. The van der Waals surface area contributed by atoms with Crippen molar-refractivity contribution in [2.24, 2.45) is 5.92 Å². The molecule has 0 N–H and O–H groups in total. The molecule has 0 saturated heterocycles. The molecule has 0 aromatic heterocycles. The van der Waals surface area contributed by atoms with Gasteiger partial charge in [-0.25, -0.2) is 0 Å². The standard InChI is InChI=1S/C10H21BrO2/c1-9(10(2)11)5-8-13-7-4-6-12-3/h9-10H,4-8H2,1-3H3. The summed E-state index contributed by atoms with van der Waals surface area (Å²) in [6.45, 7) is 6.88. The van der Waals surface area contributed by atoms with Crippen molar-refractivity contribution in [2.75, 3.05) is 26.9 Å². The first-order valence-electron chi connectivity index (χ1n) is 4.89. The molecule has 2 nitrogen and oxygen atoms in total. The van der Waals surface area contributed by atoms with Gasteiger partial charge >= 0.3 is 0 Å². The molecule has 0 fully saturated rings. The zero-order valence-electron chi connectivity index (χ0n) is 8.88. The van der Waals surface area contributed by atoms with E-state index in [4.69, 9.17) is 9.47 Å². The molecule has 0 bridgehead atoms. The average molecular weight is 253 g/mol. The number of hydrogen-bond donors (Lipinski definition) is 0. The Hall–Kier alpha value is 0.400. The Labute approximate surface area is 90.1 Å². The second-order valence-electron chi connectivity index (χ2n) is 3.40. The van der Waals surface area contributed by atoms with Crippen molar-refractivity contribution >= 4 is 15.9 Å². The van der Waals surface area contributed by atoms with Crippen LogP contribution in [0.3, 0.4) is 0 Å². The van der Waals surface area contributed by atoms with Crippen molar-refractivity contribution in [1.29, 1.82) is 0 Å². The summed E-state index contributed by atoms with van der Waals surface area (Å²) in [6.07, 6.45) is 2.12. The van der Waals surface area contributed by atoms with Crippen LogP contribution in [0.1, 0.15) is 26.7 Å². The molecule has 0 aromatic carbocycles. The van der Waals surface area contributed by atoms with E-state index in [1.54, 1.807) is 7.11 Å². The zero-order chi connectivity index (χ0) is 10.1. The lowest BCUT2D eigenvalue weighted by molar-refractivity contribution is 0.0951. The van der Waals surface area contributed by atoms with Gasteiger partial charge < -0.3 is 9.47 Å². The van der Waals surface area contributed by atoms with Gasteiger partial charge in [-0.3, -0.25) is 0 Å². The van der Waals surface area contributed by atoms with Crippen molar-refractivity contribution < 1.29 is 9.47 Å². The molecule has 0 aliphatic rings. The van der Waals surface area contributed by atoms with Crippen molar-refractivity contribution in [3.63, 3.8) is 0 Å². The van der Waals surface area contributed by atoms with Crippen molar-refractivity contribution in [3.8, 4) is 0 Å². The molecular weight excluding hydrogens is 232 g/mol. The number of alkyl halides is 1. The van der Waals surface area contributed by atoms with Crippen molar-refractivity contribution in [2.45, 2.75) is 31.5 Å². The molecule has 0 heterocycles. The van der Waals surface area contributed by atoms with E-state index in [1.165, 1.54) is 0 Å². The molecule has 2 unspecified atom stereocenters. The third-order valence-electron chi connectivity index (χ3n) is 2.14. The van der Waals surface area contributed by atoms with E-state index in [0.717, 1.165) is 32.7 Å². The lowest BCUT2D eigenvalue weighted by Gasteiger charge is -2.13. The van der Waals surface area contributed by atoms with E-state index < -0.39 is 0 Å². The molecule has 3 heteroatoms. The molecule has 0 radical (unpaired) electrons. The lowest BCUT2D eigenvalue weighted by Crippen LogP contribution is -2.10. The van der Waals surface area contributed by atoms with Crippen LogP contribution in [0.25, 0.3) is 0 Å². The van der Waals surface area contributed by atoms with Crippen LogP contribution in [0.4, 0.5) is 0 Å². The molecule has 13 heavy (non-hydrogen) atoms. The highest BCUT2D eigenvalue weighted by Gasteiger charge is 2.07. The fourth-order valence-electron chi connectivity index (χ4n) is 0.906. The highest BCUT2D eigenvalue weighted by molar-refractivity contribution is 9.09. The number of rotatable bonds is 8. The van der Waals surface area contributed by atoms with Crippen LogP contribution in [0, 0.1) is 5.92 Å². The normalized spacial score (nSPS) is 15.7. The van der Waals surface area contributed by atoms with Gasteiger partial charge in [0, 0.05) is 31.8 Å². The third kappa shape index (κ3) is 8.72. The number of hydrogen-bond acceptors (Lipinski definition) is 2. The average Bonchev–Trinajstić information content (AvgIpc) is 2.10. The van der Waals surface area contributed by atoms with Gasteiger partial charge in [0.25, 0.3) is 0 Å². The highest BCUT2D eigenvalue weighted by atomic mass is 79.9. The first-order chi connectivity index (χ1) is 6.18. The molecule has 0 aliphatic heterocycles. The zero-order valence-corrected chi connectivity index (χ0v) is 10.5. The van der Waals surface area contributed by atoms with Gasteiger partial charge in [-0.05, 0) is 18.8 Å². The maximum Gasteiger partial charge on any atom is 0.0487 e. The van der Waals surface area contributed by atoms with Crippen LogP contribution >= 0.6 is 15.9 Å². The molecule has 0 aliphatic carbocycles. The van der Waals surface area contributed by atoms with Crippen LogP contribution in [0.5, 0.6) is 0 Å². The van der Waals surface area contributed by atoms with E-state index in [2.05, 4.69) is 29.8 Å². The Morgan fingerprint density at radius 2 is 1.85 bits per heavy atom. The number of methoxy groups -OCH3 is 1. The minimum Gasteiger partial charge on any atom is -0.385 e. The second kappa shape index (κ2) is 8.97. The Balaban J connectivity index is 3.07. The van der Waals surface area contributed by atoms with Crippen molar-refractivity contribution in [1.82, 2.24) is 0 Å². The Kier molecular flexibility index (Phi) is 9.25. The molecule has 0 amide bonds. The molecular formula is C10H21BrO2. The quantitative estimate of drug-likeness (QED) is 0.489. The lowest BCUT2D eigenvalue weighted by atomic mass is 10.1. The molecule has 0 aromatic rings. The molecule has 0 saturated carbocycles. The summed E-state index contributed by atoms with van der Waals surface area (Å²) >= 11 is 3.56. The molecule has 80 valence electrons. The minimum absolute atomic E-state index is 0.579. The first-order valence-corrected chi connectivity index (χ1v) is 5.80. The number of ether oxygens (including phenoxy) is 2. The molecule has 0 rings (SSSR count). The van der Waals surface area contributed by atoms with E-state index in [9.17, 15) is 0 Å². The minimum atomic E-state index is 0.579. The summed E-state index contributed by atoms with van der Waals surface area (Å²) in [5.74, 6) is 0.683. The molecule has 2 atom stereocenters. The number of halogens is 1. The van der Waals surface area contributed by atoms with Gasteiger partial charge in [-0.1, -0.05) is 29.8 Å². The van der Waals surface area contributed by atoms with Gasteiger partial charge in [0.2, 0.25) is 0 Å². The van der Waals surface area contributed by atoms with E-state index in [0.29, 0.717) is 10.7 Å². The van der Waals surface area contributed by atoms with Gasteiger partial charge in [-0.15, -0.1) is 0 Å². The van der Waals surface area contributed by atoms with Crippen LogP contribution in [0.15, 0.2) is 0 Å². The fourth-order valence-corrected chi connectivity index (χ4v) is 1.17. The van der Waals surface area contributed by atoms with Crippen LogP contribution < -0.4 is 0 Å². The maximum atomic E-state index is 5.46. The van der Waals surface area contributed by atoms with Crippen LogP contribution in [-0.2, 0) is 9.47 Å². The topological polar surface area (TPSA) is 18.5 Å². The third-order valence-corrected chi connectivity index (χ3v) is 3.04. The maximum absolute atomic E-state index is 5.46. The fraction of sp³-hybridized carbons (Fsp3) is 1.00. The van der Waals surface area contributed by atoms with E-state index in [-0.39, 0.29) is 0 Å². The van der Waals surface area contributed by atoms with Crippen LogP contribution in [-0.4, -0.2) is 31.8 Å². The van der Waals surface area contributed by atoms with Crippen molar-refractivity contribution in [3.05, 3.63) is 0 Å². The van der Waals surface area contributed by atoms with Gasteiger partial charge in [-0.2, -0.15) is 0 Å². The summed E-state index contributed by atoms with van der Waals surface area (Å²) in [4.78, 5) is 0.579. The summed E-state index contributed by atoms with van der Waals surface area (Å²) < 4.78 is 10.4. The smallest absolute Gasteiger partial charge is 0.0487 e.